The molecule has 0 unspecified atom stereocenters. The quantitative estimate of drug-likeness (QED) is 0.836. The largest absolute Gasteiger partial charge is 0.376 e. The molecule has 116 valence electrons. The van der Waals surface area contributed by atoms with Gasteiger partial charge < -0.3 is 9.64 Å². The van der Waals surface area contributed by atoms with Crippen molar-refractivity contribution in [1.29, 1.82) is 0 Å². The van der Waals surface area contributed by atoms with Gasteiger partial charge in [0.25, 0.3) is 0 Å². The molecule has 3 heterocycles. The zero-order valence-electron chi connectivity index (χ0n) is 12.9. The molecule has 0 N–H and O–H groups in total. The van der Waals surface area contributed by atoms with E-state index < -0.39 is 0 Å². The molecule has 2 saturated heterocycles. The molecule has 1 aliphatic carbocycles. The Morgan fingerprint density at radius 2 is 2.05 bits per heavy atom. The maximum atomic E-state index is 5.68. The third-order valence-corrected chi connectivity index (χ3v) is 5.76. The Labute approximate surface area is 125 Å². The van der Waals surface area contributed by atoms with Crippen molar-refractivity contribution in [3.8, 4) is 0 Å². The second-order valence-corrected chi connectivity index (χ2v) is 7.09. The first-order valence-electron chi connectivity index (χ1n) is 8.42. The van der Waals surface area contributed by atoms with Gasteiger partial charge in [-0.05, 0) is 48.4 Å². The molecule has 0 aromatic carbocycles. The van der Waals surface area contributed by atoms with Crippen molar-refractivity contribution in [2.45, 2.75) is 64.0 Å². The molecule has 21 heavy (non-hydrogen) atoms. The lowest BCUT2D eigenvalue weighted by Gasteiger charge is -2.33. The Balaban J connectivity index is 1.54. The molecule has 0 amide bonds. The van der Waals surface area contributed by atoms with E-state index in [0.29, 0.717) is 5.41 Å². The van der Waals surface area contributed by atoms with E-state index in [2.05, 4.69) is 27.3 Å². The van der Waals surface area contributed by atoms with Gasteiger partial charge in [-0.15, -0.1) is 0 Å². The molecule has 1 saturated carbocycles. The van der Waals surface area contributed by atoms with Crippen LogP contribution in [0.15, 0.2) is 0 Å². The van der Waals surface area contributed by atoms with Crippen LogP contribution >= 0.6 is 0 Å². The van der Waals surface area contributed by atoms with E-state index in [1.807, 2.05) is 4.68 Å². The monoisotopic (exact) mass is 291 g/mol. The summed E-state index contributed by atoms with van der Waals surface area (Å²) >= 11 is 0. The molecular formula is C15H25N5O. The van der Waals surface area contributed by atoms with Gasteiger partial charge >= 0.3 is 0 Å². The summed E-state index contributed by atoms with van der Waals surface area (Å²) in [6.45, 7) is 5.17. The normalized spacial score (nSPS) is 32.1. The fourth-order valence-corrected chi connectivity index (χ4v) is 4.47. The summed E-state index contributed by atoms with van der Waals surface area (Å²) in [5, 5.41) is 12.5. The number of nitrogens with zero attached hydrogens (tertiary/aromatic N) is 5. The van der Waals surface area contributed by atoms with E-state index in [1.54, 1.807) is 0 Å². The van der Waals surface area contributed by atoms with E-state index in [1.165, 1.54) is 38.5 Å². The predicted molar refractivity (Wildman–Crippen MR) is 79.2 cm³/mol. The van der Waals surface area contributed by atoms with Crippen molar-refractivity contribution < 1.29 is 4.74 Å². The Morgan fingerprint density at radius 3 is 2.81 bits per heavy atom. The molecule has 3 aliphatic rings. The first-order valence-corrected chi connectivity index (χ1v) is 8.42. The number of hydrogen-bond donors (Lipinski definition) is 0. The molecule has 1 aromatic rings. The molecule has 0 bridgehead atoms. The maximum absolute atomic E-state index is 5.68. The third-order valence-electron chi connectivity index (χ3n) is 5.76. The summed E-state index contributed by atoms with van der Waals surface area (Å²) in [7, 11) is 0. The van der Waals surface area contributed by atoms with Crippen LogP contribution in [0, 0.1) is 5.41 Å². The summed E-state index contributed by atoms with van der Waals surface area (Å²) in [5.41, 5.74) is 0.535. The lowest BCUT2D eigenvalue weighted by molar-refractivity contribution is 0.105. The van der Waals surface area contributed by atoms with Gasteiger partial charge in [0.15, 0.2) is 0 Å². The average Bonchev–Trinajstić information content (AvgIpc) is 3.19. The van der Waals surface area contributed by atoms with E-state index in [-0.39, 0.29) is 12.1 Å². The van der Waals surface area contributed by atoms with Crippen molar-refractivity contribution in [3.05, 3.63) is 0 Å². The molecule has 6 nitrogen and oxygen atoms in total. The Kier molecular flexibility index (Phi) is 3.36. The first kappa shape index (κ1) is 13.5. The van der Waals surface area contributed by atoms with Crippen LogP contribution in [-0.4, -0.2) is 46.0 Å². The van der Waals surface area contributed by atoms with E-state index in [4.69, 9.17) is 4.74 Å². The van der Waals surface area contributed by atoms with Crippen LogP contribution in [0.5, 0.6) is 0 Å². The highest BCUT2D eigenvalue weighted by atomic mass is 16.5. The van der Waals surface area contributed by atoms with Crippen molar-refractivity contribution >= 4 is 5.95 Å². The fourth-order valence-electron chi connectivity index (χ4n) is 4.47. The molecular weight excluding hydrogens is 266 g/mol. The van der Waals surface area contributed by atoms with Gasteiger partial charge in [-0.25, -0.2) is 4.68 Å². The highest BCUT2D eigenvalue weighted by molar-refractivity contribution is 5.32. The van der Waals surface area contributed by atoms with Crippen LogP contribution < -0.4 is 4.90 Å². The number of hydrogen-bond acceptors (Lipinski definition) is 5. The highest BCUT2D eigenvalue weighted by Gasteiger charge is 2.41. The van der Waals surface area contributed by atoms with E-state index in [0.717, 1.165) is 32.1 Å². The average molecular weight is 291 g/mol. The van der Waals surface area contributed by atoms with E-state index in [9.17, 15) is 0 Å². The minimum absolute atomic E-state index is 0.207. The molecule has 0 radical (unpaired) electrons. The predicted octanol–water partition coefficient (Wildman–Crippen LogP) is 2.18. The zero-order valence-corrected chi connectivity index (χ0v) is 12.9. The maximum Gasteiger partial charge on any atom is 0.245 e. The Hall–Kier alpha value is -1.17. The number of anilines is 1. The summed E-state index contributed by atoms with van der Waals surface area (Å²) in [6.07, 6.45) is 9.49. The van der Waals surface area contributed by atoms with Gasteiger partial charge in [-0.1, -0.05) is 24.4 Å². The van der Waals surface area contributed by atoms with Crippen molar-refractivity contribution in [2.75, 3.05) is 24.6 Å². The SMILES string of the molecule is C[C@H]1OCC[C@H]1n1nnnc1N1CCC2(CCCCC2)C1. The van der Waals surface area contributed by atoms with Crippen molar-refractivity contribution in [1.82, 2.24) is 20.2 Å². The van der Waals surface area contributed by atoms with Crippen molar-refractivity contribution in [2.24, 2.45) is 5.41 Å². The lowest BCUT2D eigenvalue weighted by Crippen LogP contribution is -2.32. The summed E-state index contributed by atoms with van der Waals surface area (Å²) in [6, 6.07) is 0.290. The standard InChI is InChI=1S/C15H25N5O/c1-12-13(5-10-21-12)20-14(16-17-18-20)19-9-8-15(11-19)6-3-2-4-7-15/h12-13H,2-11H2,1H3/t12-,13-/m1/s1. The van der Waals surface area contributed by atoms with Crippen LogP contribution in [0.4, 0.5) is 5.95 Å². The van der Waals surface area contributed by atoms with Crippen LogP contribution in [0.1, 0.15) is 57.9 Å². The number of aromatic nitrogens is 4. The van der Waals surface area contributed by atoms with Gasteiger partial charge in [0.1, 0.15) is 0 Å². The smallest absolute Gasteiger partial charge is 0.245 e. The van der Waals surface area contributed by atoms with Gasteiger partial charge in [0.05, 0.1) is 12.1 Å². The lowest BCUT2D eigenvalue weighted by atomic mass is 9.73. The minimum atomic E-state index is 0.207. The number of tetrazole rings is 1. The molecule has 1 aromatic heterocycles. The van der Waals surface area contributed by atoms with Crippen molar-refractivity contribution in [3.63, 3.8) is 0 Å². The first-order chi connectivity index (χ1) is 10.3. The molecule has 2 aliphatic heterocycles. The Morgan fingerprint density at radius 1 is 1.19 bits per heavy atom. The molecule has 2 atom stereocenters. The second-order valence-electron chi connectivity index (χ2n) is 7.09. The Bertz CT molecular complexity index is 496. The topological polar surface area (TPSA) is 56.1 Å². The minimum Gasteiger partial charge on any atom is -0.376 e. The summed E-state index contributed by atoms with van der Waals surface area (Å²) in [4.78, 5) is 2.41. The van der Waals surface area contributed by atoms with Crippen LogP contribution in [0.25, 0.3) is 0 Å². The zero-order chi connectivity index (χ0) is 14.3. The van der Waals surface area contributed by atoms with Crippen LogP contribution in [0.2, 0.25) is 0 Å². The molecule has 6 heteroatoms. The van der Waals surface area contributed by atoms with E-state index >= 15 is 0 Å². The number of rotatable bonds is 2. The second kappa shape index (κ2) is 5.23. The summed E-state index contributed by atoms with van der Waals surface area (Å²) in [5.74, 6) is 0.958. The highest BCUT2D eigenvalue weighted by Crippen LogP contribution is 2.44. The molecule has 1 spiro atoms. The number of ether oxygens (including phenoxy) is 1. The van der Waals surface area contributed by atoms with Crippen LogP contribution in [-0.2, 0) is 4.74 Å². The summed E-state index contributed by atoms with van der Waals surface area (Å²) < 4.78 is 7.70. The van der Waals surface area contributed by atoms with Gasteiger partial charge in [0, 0.05) is 19.7 Å². The van der Waals surface area contributed by atoms with Gasteiger partial charge in [-0.3, -0.25) is 0 Å². The molecule has 4 rings (SSSR count). The third kappa shape index (κ3) is 2.33. The fraction of sp³-hybridized carbons (Fsp3) is 0.933. The molecule has 3 fully saturated rings. The van der Waals surface area contributed by atoms with Crippen LogP contribution in [0.3, 0.4) is 0 Å². The van der Waals surface area contributed by atoms with Gasteiger partial charge in [-0.2, -0.15) is 0 Å². The van der Waals surface area contributed by atoms with Gasteiger partial charge in [0.2, 0.25) is 5.95 Å².